The molecule has 0 unspecified atom stereocenters. The molecule has 4 aromatic rings. The van der Waals surface area contributed by atoms with Crippen molar-refractivity contribution in [1.29, 1.82) is 5.26 Å². The summed E-state index contributed by atoms with van der Waals surface area (Å²) in [6.07, 6.45) is 2.97. The van der Waals surface area contributed by atoms with Gasteiger partial charge in [0.2, 0.25) is 0 Å². The molecule has 10 nitrogen and oxygen atoms in total. The molecule has 134 valence electrons. The summed E-state index contributed by atoms with van der Waals surface area (Å²) in [4.78, 5) is 17.5. The van der Waals surface area contributed by atoms with Gasteiger partial charge in [0.25, 0.3) is 12.1 Å². The Bertz CT molecular complexity index is 1220. The molecule has 1 amide bonds. The minimum absolute atomic E-state index is 0.0341. The second kappa shape index (κ2) is 6.11. The number of nitrogens with one attached hydrogen (secondary N) is 1. The minimum atomic E-state index is -0.491. The number of nitriles is 1. The van der Waals surface area contributed by atoms with Crippen LogP contribution in [-0.4, -0.2) is 16.2 Å². The van der Waals surface area contributed by atoms with E-state index in [0.717, 1.165) is 11.3 Å². The quantitative estimate of drug-likeness (QED) is 0.451. The van der Waals surface area contributed by atoms with E-state index in [2.05, 4.69) is 15.6 Å². The Morgan fingerprint density at radius 1 is 1.44 bits per heavy atom. The first-order valence-electron chi connectivity index (χ1n) is 7.59. The van der Waals surface area contributed by atoms with Crippen LogP contribution >= 0.6 is 11.3 Å². The summed E-state index contributed by atoms with van der Waals surface area (Å²) in [5.74, 6) is 0.113. The number of fused-ring (bicyclic) bond motifs is 1. The van der Waals surface area contributed by atoms with Gasteiger partial charge in [0, 0.05) is 5.39 Å². The van der Waals surface area contributed by atoms with E-state index in [0.29, 0.717) is 21.5 Å². The number of aromatic nitrogens is 3. The summed E-state index contributed by atoms with van der Waals surface area (Å²) in [6, 6.07) is 5.39. The van der Waals surface area contributed by atoms with Gasteiger partial charge in [-0.1, -0.05) is 4.68 Å². The second-order valence-corrected chi connectivity index (χ2v) is 6.55. The number of nitrogen functional groups attached to an aromatic ring is 2. The van der Waals surface area contributed by atoms with Gasteiger partial charge in [0.1, 0.15) is 32.9 Å². The Kier molecular flexibility index (Phi) is 3.75. The fourth-order valence-electron chi connectivity index (χ4n) is 2.67. The van der Waals surface area contributed by atoms with Crippen molar-refractivity contribution in [2.75, 3.05) is 16.8 Å². The molecule has 0 aliphatic rings. The van der Waals surface area contributed by atoms with Gasteiger partial charge >= 0.3 is 5.88 Å². The zero-order chi connectivity index (χ0) is 19.1. The summed E-state index contributed by atoms with van der Waals surface area (Å²) in [7, 11) is 1.65. The maximum atomic E-state index is 12.6. The molecule has 4 heterocycles. The normalized spacial score (nSPS) is 10.8. The van der Waals surface area contributed by atoms with Gasteiger partial charge in [-0.2, -0.15) is 5.26 Å². The molecule has 4 aromatic heterocycles. The molecule has 0 saturated carbocycles. The maximum Gasteiger partial charge on any atom is 0.302 e. The van der Waals surface area contributed by atoms with Gasteiger partial charge in [-0.15, -0.1) is 11.3 Å². The number of aryl methyl sites for hydroxylation is 1. The van der Waals surface area contributed by atoms with Crippen molar-refractivity contribution in [3.8, 4) is 17.4 Å². The Hall–Kier alpha value is -3.91. The van der Waals surface area contributed by atoms with Gasteiger partial charge in [-0.05, 0) is 12.1 Å². The highest BCUT2D eigenvalue weighted by Gasteiger charge is 2.26. The lowest BCUT2D eigenvalue weighted by molar-refractivity contribution is -0.739. The third-order valence-electron chi connectivity index (χ3n) is 3.80. The summed E-state index contributed by atoms with van der Waals surface area (Å²) >= 11 is 1.05. The average molecular weight is 382 g/mol. The molecular weight excluding hydrogens is 370 g/mol. The van der Waals surface area contributed by atoms with Crippen molar-refractivity contribution in [3.63, 3.8) is 0 Å². The number of thiophene rings is 1. The van der Waals surface area contributed by atoms with Crippen LogP contribution < -0.4 is 21.5 Å². The number of hydrogen-bond donors (Lipinski definition) is 3. The fraction of sp³-hybridized carbons (Fsp3) is 0.0625. The van der Waals surface area contributed by atoms with Crippen LogP contribution in [0.25, 0.3) is 21.5 Å². The molecular formula is C16H12N7O3S+. The minimum Gasteiger partial charge on any atom is -0.464 e. The molecule has 0 atom stereocenters. The van der Waals surface area contributed by atoms with Gasteiger partial charge < -0.3 is 15.9 Å². The number of anilines is 3. The topological polar surface area (TPSA) is 161 Å². The van der Waals surface area contributed by atoms with Crippen molar-refractivity contribution in [3.05, 3.63) is 35.0 Å². The number of pyridine rings is 1. The highest BCUT2D eigenvalue weighted by atomic mass is 32.1. The van der Waals surface area contributed by atoms with E-state index in [1.165, 1.54) is 17.1 Å². The molecule has 0 fully saturated rings. The Balaban J connectivity index is 1.90. The first-order chi connectivity index (χ1) is 13.0. The van der Waals surface area contributed by atoms with Gasteiger partial charge in [0.15, 0.2) is 12.3 Å². The van der Waals surface area contributed by atoms with Crippen LogP contribution in [0.2, 0.25) is 0 Å². The Morgan fingerprint density at radius 2 is 2.26 bits per heavy atom. The number of rotatable bonds is 3. The zero-order valence-corrected chi connectivity index (χ0v) is 14.7. The monoisotopic (exact) mass is 382 g/mol. The van der Waals surface area contributed by atoms with E-state index < -0.39 is 5.91 Å². The van der Waals surface area contributed by atoms with Crippen molar-refractivity contribution < 1.29 is 18.4 Å². The van der Waals surface area contributed by atoms with Crippen LogP contribution in [0.4, 0.5) is 17.4 Å². The fourth-order valence-corrected chi connectivity index (χ4v) is 3.68. The summed E-state index contributed by atoms with van der Waals surface area (Å²) < 4.78 is 11.8. The largest absolute Gasteiger partial charge is 0.464 e. The van der Waals surface area contributed by atoms with E-state index in [1.807, 2.05) is 6.07 Å². The van der Waals surface area contributed by atoms with Crippen LogP contribution in [0.5, 0.6) is 0 Å². The van der Waals surface area contributed by atoms with E-state index >= 15 is 0 Å². The highest BCUT2D eigenvalue weighted by molar-refractivity contribution is 7.21. The standard InChI is InChI=1S/C16H11N7O3S/c1-23-6-9(26-22-23)20-15(24)13-12(18)11-10(8-3-2-4-25-8)7(5-17)14(19)21-16(11)27-13/h2-4,6H,1H3,(H4-,18,19,20,21,22,24)/p+1. The number of furan rings is 1. The summed E-state index contributed by atoms with van der Waals surface area (Å²) in [5.41, 5.74) is 12.9. The lowest BCUT2D eigenvalue weighted by Crippen LogP contribution is -2.28. The first kappa shape index (κ1) is 16.6. The average Bonchev–Trinajstić information content (AvgIpc) is 3.35. The molecule has 4 rings (SSSR count). The highest BCUT2D eigenvalue weighted by Crippen LogP contribution is 2.42. The molecule has 0 spiro atoms. The molecule has 0 saturated heterocycles. The van der Waals surface area contributed by atoms with Crippen LogP contribution in [0, 0.1) is 11.3 Å². The lowest BCUT2D eigenvalue weighted by atomic mass is 10.0. The zero-order valence-electron chi connectivity index (χ0n) is 13.9. The number of carbonyl (C=O) groups excluding carboxylic acids is 1. The van der Waals surface area contributed by atoms with Crippen LogP contribution in [0.3, 0.4) is 0 Å². The predicted molar refractivity (Wildman–Crippen MR) is 96.5 cm³/mol. The third kappa shape index (κ3) is 2.64. The first-order valence-corrected chi connectivity index (χ1v) is 8.40. The smallest absolute Gasteiger partial charge is 0.302 e. The molecule has 0 aliphatic heterocycles. The van der Waals surface area contributed by atoms with Crippen molar-refractivity contribution in [2.24, 2.45) is 7.05 Å². The molecule has 11 heteroatoms. The number of nitrogens with zero attached hydrogens (tertiary/aromatic N) is 4. The summed E-state index contributed by atoms with van der Waals surface area (Å²) in [6.45, 7) is 0. The van der Waals surface area contributed by atoms with Crippen LogP contribution in [0.1, 0.15) is 15.2 Å². The predicted octanol–water partition coefficient (Wildman–Crippen LogP) is 1.66. The molecule has 0 aliphatic carbocycles. The number of hydrogen-bond acceptors (Lipinski definition) is 9. The van der Waals surface area contributed by atoms with Crippen LogP contribution in [-0.2, 0) is 7.05 Å². The van der Waals surface area contributed by atoms with E-state index in [-0.39, 0.29) is 27.8 Å². The Labute approximate surface area is 155 Å². The van der Waals surface area contributed by atoms with E-state index in [4.69, 9.17) is 20.4 Å². The SMILES string of the molecule is C[n+]1cc(NC(=O)c2sc3nc(N)c(C#N)c(-c4ccco4)c3c2N)on1. The molecule has 0 bridgehead atoms. The van der Waals surface area contributed by atoms with Gasteiger partial charge in [-0.3, -0.25) is 14.6 Å². The third-order valence-corrected chi connectivity index (χ3v) is 4.90. The maximum absolute atomic E-state index is 12.6. The second-order valence-electron chi connectivity index (χ2n) is 5.56. The van der Waals surface area contributed by atoms with Crippen molar-refractivity contribution >= 4 is 44.9 Å². The lowest BCUT2D eigenvalue weighted by Gasteiger charge is -2.06. The van der Waals surface area contributed by atoms with Gasteiger partial charge in [0.05, 0.1) is 17.5 Å². The van der Waals surface area contributed by atoms with Gasteiger partial charge in [-0.25, -0.2) is 4.98 Å². The Morgan fingerprint density at radius 3 is 2.89 bits per heavy atom. The van der Waals surface area contributed by atoms with Crippen molar-refractivity contribution in [2.45, 2.75) is 0 Å². The number of carbonyl (C=O) groups is 1. The molecule has 27 heavy (non-hydrogen) atoms. The van der Waals surface area contributed by atoms with E-state index in [9.17, 15) is 10.1 Å². The van der Waals surface area contributed by atoms with Crippen molar-refractivity contribution in [1.82, 2.24) is 10.3 Å². The molecule has 0 radical (unpaired) electrons. The number of nitrogens with two attached hydrogens (primary N) is 2. The number of amides is 1. The van der Waals surface area contributed by atoms with E-state index in [1.54, 1.807) is 19.2 Å². The molecule has 5 N–H and O–H groups in total. The van der Waals surface area contributed by atoms with Crippen LogP contribution in [0.15, 0.2) is 33.5 Å². The summed E-state index contributed by atoms with van der Waals surface area (Å²) in [5, 5.41) is 16.2. The molecule has 0 aromatic carbocycles.